The molecule has 2 aromatic rings. The zero-order valence-electron chi connectivity index (χ0n) is 7.36. The third-order valence-electron chi connectivity index (χ3n) is 1.58. The molecule has 0 aromatic carbocycles. The summed E-state index contributed by atoms with van der Waals surface area (Å²) < 4.78 is 1.15. The van der Waals surface area contributed by atoms with Crippen molar-refractivity contribution in [2.75, 3.05) is 12.4 Å². The van der Waals surface area contributed by atoms with Crippen molar-refractivity contribution in [2.24, 2.45) is 0 Å². The van der Waals surface area contributed by atoms with Crippen molar-refractivity contribution in [3.8, 4) is 10.7 Å². The van der Waals surface area contributed by atoms with Crippen molar-refractivity contribution < 1.29 is 0 Å². The molecule has 1 N–H and O–H groups in total. The molecule has 0 radical (unpaired) electrons. The van der Waals surface area contributed by atoms with E-state index in [1.807, 2.05) is 19.2 Å². The van der Waals surface area contributed by atoms with Gasteiger partial charge in [0.2, 0.25) is 5.13 Å². The van der Waals surface area contributed by atoms with Crippen molar-refractivity contribution in [3.63, 3.8) is 0 Å². The minimum Gasteiger partial charge on any atom is -0.363 e. The van der Waals surface area contributed by atoms with Gasteiger partial charge in [0.15, 0.2) is 5.01 Å². The van der Waals surface area contributed by atoms with E-state index in [-0.39, 0.29) is 0 Å². The normalized spacial score (nSPS) is 10.1. The van der Waals surface area contributed by atoms with Gasteiger partial charge < -0.3 is 5.32 Å². The molecule has 2 rings (SSSR count). The van der Waals surface area contributed by atoms with Crippen LogP contribution in [0.4, 0.5) is 5.13 Å². The maximum absolute atomic E-state index is 4.23. The first-order valence-electron chi connectivity index (χ1n) is 3.93. The Balaban J connectivity index is 2.39. The standard InChI is InChI=1S/C8H7IN4S/c1-10-8-13-12-7(14-8)6-4-5(9)2-3-11-6/h2-4H,1H3,(H,10,13). The molecule has 0 amide bonds. The van der Waals surface area contributed by atoms with Gasteiger partial charge in [-0.25, -0.2) is 0 Å². The number of nitrogens with one attached hydrogen (secondary N) is 1. The van der Waals surface area contributed by atoms with Gasteiger partial charge in [-0.05, 0) is 34.7 Å². The second kappa shape index (κ2) is 4.18. The topological polar surface area (TPSA) is 50.7 Å². The molecule has 14 heavy (non-hydrogen) atoms. The predicted octanol–water partition coefficient (Wildman–Crippen LogP) is 2.25. The number of rotatable bonds is 2. The summed E-state index contributed by atoms with van der Waals surface area (Å²) in [6.07, 6.45) is 1.78. The Morgan fingerprint density at radius 3 is 2.93 bits per heavy atom. The summed E-state index contributed by atoms with van der Waals surface area (Å²) in [5.41, 5.74) is 0.871. The average molecular weight is 318 g/mol. The molecule has 0 unspecified atom stereocenters. The second-order valence-corrected chi connectivity index (χ2v) is 4.74. The molecule has 0 aliphatic rings. The van der Waals surface area contributed by atoms with Crippen LogP contribution in [0.1, 0.15) is 0 Å². The number of aromatic nitrogens is 3. The maximum atomic E-state index is 4.23. The van der Waals surface area contributed by atoms with Gasteiger partial charge in [0.05, 0.1) is 0 Å². The quantitative estimate of drug-likeness (QED) is 0.863. The van der Waals surface area contributed by atoms with Gasteiger partial charge in [0, 0.05) is 16.8 Å². The fourth-order valence-electron chi connectivity index (χ4n) is 0.949. The highest BCUT2D eigenvalue weighted by atomic mass is 127. The van der Waals surface area contributed by atoms with E-state index in [0.717, 1.165) is 19.4 Å². The fourth-order valence-corrected chi connectivity index (χ4v) is 2.07. The molecule has 2 aromatic heterocycles. The lowest BCUT2D eigenvalue weighted by Crippen LogP contribution is -1.84. The Morgan fingerprint density at radius 1 is 1.43 bits per heavy atom. The Labute approximate surface area is 98.9 Å². The zero-order chi connectivity index (χ0) is 9.97. The predicted molar refractivity (Wildman–Crippen MR) is 65.4 cm³/mol. The Hall–Kier alpha value is -0.760. The molecule has 6 heteroatoms. The van der Waals surface area contributed by atoms with Crippen molar-refractivity contribution in [2.45, 2.75) is 0 Å². The van der Waals surface area contributed by atoms with Crippen LogP contribution in [-0.2, 0) is 0 Å². The van der Waals surface area contributed by atoms with E-state index in [1.165, 1.54) is 11.3 Å². The van der Waals surface area contributed by atoms with Gasteiger partial charge in [-0.2, -0.15) is 0 Å². The van der Waals surface area contributed by atoms with Crippen molar-refractivity contribution in [3.05, 3.63) is 21.9 Å². The molecule has 72 valence electrons. The van der Waals surface area contributed by atoms with Gasteiger partial charge >= 0.3 is 0 Å². The molecule has 0 saturated heterocycles. The van der Waals surface area contributed by atoms with Gasteiger partial charge in [0.25, 0.3) is 0 Å². The lowest BCUT2D eigenvalue weighted by molar-refractivity contribution is 1.08. The van der Waals surface area contributed by atoms with Crippen molar-refractivity contribution in [1.82, 2.24) is 15.2 Å². The Kier molecular flexibility index (Phi) is 2.92. The van der Waals surface area contributed by atoms with E-state index in [0.29, 0.717) is 0 Å². The first kappa shape index (κ1) is 9.78. The molecule has 0 bridgehead atoms. The molecular formula is C8H7IN4S. The average Bonchev–Trinajstić information content (AvgIpc) is 2.66. The summed E-state index contributed by atoms with van der Waals surface area (Å²) in [5.74, 6) is 0. The van der Waals surface area contributed by atoms with E-state index in [2.05, 4.69) is 43.1 Å². The minimum absolute atomic E-state index is 0.806. The first-order valence-corrected chi connectivity index (χ1v) is 5.82. The Morgan fingerprint density at radius 2 is 2.29 bits per heavy atom. The molecule has 0 aliphatic carbocycles. The summed E-state index contributed by atoms with van der Waals surface area (Å²) in [4.78, 5) is 4.23. The van der Waals surface area contributed by atoms with Gasteiger partial charge in [-0.15, -0.1) is 10.2 Å². The number of halogens is 1. The third kappa shape index (κ3) is 2.01. The van der Waals surface area contributed by atoms with Crippen LogP contribution in [0.2, 0.25) is 0 Å². The number of pyridine rings is 1. The van der Waals surface area contributed by atoms with E-state index < -0.39 is 0 Å². The smallest absolute Gasteiger partial charge is 0.205 e. The van der Waals surface area contributed by atoms with E-state index in [1.54, 1.807) is 6.20 Å². The van der Waals surface area contributed by atoms with Crippen LogP contribution >= 0.6 is 33.9 Å². The SMILES string of the molecule is CNc1nnc(-c2cc(I)ccn2)s1. The zero-order valence-corrected chi connectivity index (χ0v) is 10.3. The number of hydrogen-bond acceptors (Lipinski definition) is 5. The first-order chi connectivity index (χ1) is 6.79. The summed E-state index contributed by atoms with van der Waals surface area (Å²) in [7, 11) is 1.83. The molecule has 0 atom stereocenters. The summed E-state index contributed by atoms with van der Waals surface area (Å²) in [6, 6.07) is 3.94. The van der Waals surface area contributed by atoms with E-state index >= 15 is 0 Å². The molecule has 2 heterocycles. The van der Waals surface area contributed by atoms with Crippen LogP contribution in [0.5, 0.6) is 0 Å². The largest absolute Gasteiger partial charge is 0.363 e. The molecule has 0 spiro atoms. The van der Waals surface area contributed by atoms with Crippen LogP contribution in [0.3, 0.4) is 0 Å². The molecular weight excluding hydrogens is 311 g/mol. The van der Waals surface area contributed by atoms with Crippen LogP contribution in [0, 0.1) is 3.57 Å². The lowest BCUT2D eigenvalue weighted by Gasteiger charge is -1.93. The fraction of sp³-hybridized carbons (Fsp3) is 0.125. The summed E-state index contributed by atoms with van der Waals surface area (Å²) in [5, 5.41) is 12.6. The minimum atomic E-state index is 0.806. The summed E-state index contributed by atoms with van der Waals surface area (Å²) in [6.45, 7) is 0. The number of nitrogens with zero attached hydrogens (tertiary/aromatic N) is 3. The third-order valence-corrected chi connectivity index (χ3v) is 3.21. The maximum Gasteiger partial charge on any atom is 0.205 e. The van der Waals surface area contributed by atoms with Gasteiger partial charge in [-0.3, -0.25) is 4.98 Å². The highest BCUT2D eigenvalue weighted by Gasteiger charge is 2.06. The van der Waals surface area contributed by atoms with Gasteiger partial charge in [0.1, 0.15) is 5.69 Å². The summed E-state index contributed by atoms with van der Waals surface area (Å²) >= 11 is 3.74. The van der Waals surface area contributed by atoms with E-state index in [4.69, 9.17) is 0 Å². The van der Waals surface area contributed by atoms with Crippen LogP contribution in [0.25, 0.3) is 10.7 Å². The number of anilines is 1. The molecule has 0 saturated carbocycles. The highest BCUT2D eigenvalue weighted by molar-refractivity contribution is 14.1. The van der Waals surface area contributed by atoms with E-state index in [9.17, 15) is 0 Å². The number of hydrogen-bond donors (Lipinski definition) is 1. The van der Waals surface area contributed by atoms with Crippen molar-refractivity contribution in [1.29, 1.82) is 0 Å². The van der Waals surface area contributed by atoms with Crippen LogP contribution in [0.15, 0.2) is 18.3 Å². The van der Waals surface area contributed by atoms with Crippen LogP contribution < -0.4 is 5.32 Å². The second-order valence-electron chi connectivity index (χ2n) is 2.52. The monoisotopic (exact) mass is 318 g/mol. The van der Waals surface area contributed by atoms with Gasteiger partial charge in [-0.1, -0.05) is 11.3 Å². The molecule has 0 aliphatic heterocycles. The van der Waals surface area contributed by atoms with Crippen LogP contribution in [-0.4, -0.2) is 22.2 Å². The molecule has 0 fully saturated rings. The molecule has 4 nitrogen and oxygen atoms in total. The highest BCUT2D eigenvalue weighted by Crippen LogP contribution is 2.24. The lowest BCUT2D eigenvalue weighted by atomic mass is 10.4. The Bertz CT molecular complexity index is 442. The van der Waals surface area contributed by atoms with Crippen molar-refractivity contribution >= 4 is 39.1 Å².